The molecule has 1 aromatic heterocycles. The number of benzene rings is 1. The van der Waals surface area contributed by atoms with Gasteiger partial charge >= 0.3 is 0 Å². The summed E-state index contributed by atoms with van der Waals surface area (Å²) in [7, 11) is 1.52. The van der Waals surface area contributed by atoms with Crippen molar-refractivity contribution in [1.82, 2.24) is 9.55 Å². The van der Waals surface area contributed by atoms with E-state index in [4.69, 9.17) is 17.0 Å². The van der Waals surface area contributed by atoms with Gasteiger partial charge in [-0.1, -0.05) is 12.1 Å². The Labute approximate surface area is 102 Å². The van der Waals surface area contributed by atoms with Crippen LogP contribution in [0.1, 0.15) is 0 Å². The molecule has 0 saturated heterocycles. The summed E-state index contributed by atoms with van der Waals surface area (Å²) in [6.07, 6.45) is 0. The molecule has 0 saturated carbocycles. The molecular formula is C11H10N2O3S. The van der Waals surface area contributed by atoms with Crippen molar-refractivity contribution in [2.45, 2.75) is 0 Å². The van der Waals surface area contributed by atoms with Gasteiger partial charge in [-0.15, -0.1) is 0 Å². The van der Waals surface area contributed by atoms with E-state index in [1.54, 1.807) is 24.3 Å². The first kappa shape index (κ1) is 11.4. The lowest BCUT2D eigenvalue weighted by Crippen LogP contribution is -2.11. The van der Waals surface area contributed by atoms with Crippen LogP contribution in [0, 0.1) is 4.77 Å². The van der Waals surface area contributed by atoms with Crippen LogP contribution in [0.25, 0.3) is 5.69 Å². The molecule has 0 unspecified atom stereocenters. The van der Waals surface area contributed by atoms with Crippen molar-refractivity contribution in [3.8, 4) is 17.3 Å². The van der Waals surface area contributed by atoms with E-state index in [-0.39, 0.29) is 10.7 Å². The molecule has 2 rings (SSSR count). The molecule has 0 spiro atoms. The Morgan fingerprint density at radius 3 is 2.76 bits per heavy atom. The minimum atomic E-state index is -0.446. The highest BCUT2D eigenvalue weighted by Gasteiger charge is 2.09. The number of H-pyrrole nitrogens is 1. The van der Waals surface area contributed by atoms with Gasteiger partial charge in [0, 0.05) is 0 Å². The molecule has 0 fully saturated rings. The van der Waals surface area contributed by atoms with Gasteiger partial charge in [0.2, 0.25) is 5.88 Å². The Morgan fingerprint density at radius 1 is 1.41 bits per heavy atom. The number of methoxy groups -OCH3 is 1. The van der Waals surface area contributed by atoms with Gasteiger partial charge in [-0.3, -0.25) is 14.3 Å². The number of aromatic nitrogens is 2. The van der Waals surface area contributed by atoms with Gasteiger partial charge in [-0.05, 0) is 24.4 Å². The van der Waals surface area contributed by atoms with Crippen LogP contribution in [0.5, 0.6) is 11.6 Å². The fraction of sp³-hybridized carbons (Fsp3) is 0.0909. The molecule has 1 heterocycles. The molecule has 0 aliphatic rings. The Kier molecular flexibility index (Phi) is 2.97. The van der Waals surface area contributed by atoms with Crippen LogP contribution in [0.15, 0.2) is 35.1 Å². The van der Waals surface area contributed by atoms with Gasteiger partial charge in [-0.2, -0.15) is 0 Å². The first-order chi connectivity index (χ1) is 8.13. The number of aromatic hydroxyl groups is 1. The molecule has 0 radical (unpaired) electrons. The van der Waals surface area contributed by atoms with E-state index in [2.05, 4.69) is 4.98 Å². The largest absolute Gasteiger partial charge is 0.495 e. The monoisotopic (exact) mass is 250 g/mol. The van der Waals surface area contributed by atoms with Gasteiger partial charge in [0.15, 0.2) is 4.77 Å². The second-order valence-corrected chi connectivity index (χ2v) is 3.69. The van der Waals surface area contributed by atoms with Crippen molar-refractivity contribution in [2.75, 3.05) is 7.11 Å². The van der Waals surface area contributed by atoms with E-state index in [0.29, 0.717) is 11.4 Å². The van der Waals surface area contributed by atoms with E-state index in [9.17, 15) is 9.90 Å². The lowest BCUT2D eigenvalue weighted by atomic mass is 10.3. The van der Waals surface area contributed by atoms with E-state index in [1.807, 2.05) is 0 Å². The third kappa shape index (κ3) is 2.07. The average molecular weight is 250 g/mol. The van der Waals surface area contributed by atoms with E-state index in [0.717, 1.165) is 6.07 Å². The molecule has 0 amide bonds. The summed E-state index contributed by atoms with van der Waals surface area (Å²) < 4.78 is 6.61. The van der Waals surface area contributed by atoms with Gasteiger partial charge in [0.1, 0.15) is 5.75 Å². The number of ether oxygens (including phenoxy) is 1. The zero-order valence-corrected chi connectivity index (χ0v) is 9.82. The zero-order valence-electron chi connectivity index (χ0n) is 9.01. The van der Waals surface area contributed by atoms with Crippen LogP contribution < -0.4 is 10.3 Å². The summed E-state index contributed by atoms with van der Waals surface area (Å²) in [5, 5.41) is 9.77. The fourth-order valence-electron chi connectivity index (χ4n) is 1.53. The topological polar surface area (TPSA) is 67.2 Å². The third-order valence-corrected chi connectivity index (χ3v) is 2.53. The molecule has 17 heavy (non-hydrogen) atoms. The predicted octanol–water partition coefficient (Wildman–Crippen LogP) is 1.61. The van der Waals surface area contributed by atoms with Crippen molar-refractivity contribution >= 4 is 12.2 Å². The minimum Gasteiger partial charge on any atom is -0.495 e. The maximum absolute atomic E-state index is 11.1. The molecule has 1 aromatic carbocycles. The SMILES string of the molecule is COc1ccccc1-n1c(O)cc(=O)[nH]c1=S. The molecule has 6 heteroatoms. The summed E-state index contributed by atoms with van der Waals surface area (Å²) in [6.45, 7) is 0. The summed E-state index contributed by atoms with van der Waals surface area (Å²) in [4.78, 5) is 13.6. The number of hydrogen-bond donors (Lipinski definition) is 2. The summed E-state index contributed by atoms with van der Waals surface area (Å²) in [5.41, 5.74) is 0.118. The Bertz CT molecular complexity index is 660. The Hall–Kier alpha value is -2.08. The predicted molar refractivity (Wildman–Crippen MR) is 65.4 cm³/mol. The molecule has 2 N–H and O–H groups in total. The highest BCUT2D eigenvalue weighted by Crippen LogP contribution is 2.25. The normalized spacial score (nSPS) is 10.2. The fourth-order valence-corrected chi connectivity index (χ4v) is 1.82. The third-order valence-electron chi connectivity index (χ3n) is 2.25. The second kappa shape index (κ2) is 4.42. The van der Waals surface area contributed by atoms with Crippen LogP contribution in [-0.2, 0) is 0 Å². The average Bonchev–Trinajstić information content (AvgIpc) is 2.28. The highest BCUT2D eigenvalue weighted by molar-refractivity contribution is 7.71. The maximum Gasteiger partial charge on any atom is 0.255 e. The lowest BCUT2D eigenvalue weighted by Gasteiger charge is -2.12. The van der Waals surface area contributed by atoms with Crippen LogP contribution in [0.3, 0.4) is 0 Å². The van der Waals surface area contributed by atoms with E-state index in [1.165, 1.54) is 11.7 Å². The van der Waals surface area contributed by atoms with Crippen LogP contribution in [0.2, 0.25) is 0 Å². The molecule has 0 aliphatic carbocycles. The molecule has 0 atom stereocenters. The zero-order chi connectivity index (χ0) is 12.4. The number of rotatable bonds is 2. The van der Waals surface area contributed by atoms with Crippen molar-refractivity contribution < 1.29 is 9.84 Å². The Morgan fingerprint density at radius 2 is 2.12 bits per heavy atom. The maximum atomic E-state index is 11.1. The number of nitrogens with zero attached hydrogens (tertiary/aromatic N) is 1. The molecule has 88 valence electrons. The molecule has 0 bridgehead atoms. The Balaban J connectivity index is 2.77. The summed E-state index contributed by atoms with van der Waals surface area (Å²) in [6, 6.07) is 8.11. The highest BCUT2D eigenvalue weighted by atomic mass is 32.1. The van der Waals surface area contributed by atoms with Gasteiger partial charge < -0.3 is 9.84 Å². The van der Waals surface area contributed by atoms with Crippen LogP contribution >= 0.6 is 12.2 Å². The first-order valence-electron chi connectivity index (χ1n) is 4.82. The van der Waals surface area contributed by atoms with E-state index >= 15 is 0 Å². The standard InChI is InChI=1S/C11H10N2O3S/c1-16-8-5-3-2-4-7(8)13-10(15)6-9(14)12-11(13)17/h2-6,15H,1H3,(H,12,14,17). The number of nitrogens with one attached hydrogen (secondary N) is 1. The van der Waals surface area contributed by atoms with Crippen molar-refractivity contribution in [2.24, 2.45) is 0 Å². The van der Waals surface area contributed by atoms with Gasteiger partial charge in [-0.25, -0.2) is 0 Å². The first-order valence-corrected chi connectivity index (χ1v) is 5.23. The minimum absolute atomic E-state index is 0.111. The van der Waals surface area contributed by atoms with Crippen molar-refractivity contribution in [3.63, 3.8) is 0 Å². The molecule has 2 aromatic rings. The number of hydrogen-bond acceptors (Lipinski definition) is 4. The van der Waals surface area contributed by atoms with Crippen molar-refractivity contribution in [1.29, 1.82) is 0 Å². The lowest BCUT2D eigenvalue weighted by molar-refractivity contribution is 0.403. The smallest absolute Gasteiger partial charge is 0.255 e. The van der Waals surface area contributed by atoms with Crippen molar-refractivity contribution in [3.05, 3.63) is 45.5 Å². The van der Waals surface area contributed by atoms with Gasteiger partial charge in [0.05, 0.1) is 18.9 Å². The summed E-state index contributed by atoms with van der Waals surface area (Å²) in [5.74, 6) is 0.314. The number of para-hydroxylation sites is 2. The van der Waals surface area contributed by atoms with E-state index < -0.39 is 5.56 Å². The number of aromatic amines is 1. The second-order valence-electron chi connectivity index (χ2n) is 3.30. The quantitative estimate of drug-likeness (QED) is 0.795. The van der Waals surface area contributed by atoms with Crippen LogP contribution in [0.4, 0.5) is 0 Å². The summed E-state index contributed by atoms with van der Waals surface area (Å²) >= 11 is 5.01. The molecular weight excluding hydrogens is 240 g/mol. The molecule has 5 nitrogen and oxygen atoms in total. The van der Waals surface area contributed by atoms with Gasteiger partial charge in [0.25, 0.3) is 5.56 Å². The van der Waals surface area contributed by atoms with Crippen LogP contribution in [-0.4, -0.2) is 21.8 Å². The molecule has 0 aliphatic heterocycles.